The third kappa shape index (κ3) is 6.01. The van der Waals surface area contributed by atoms with Gasteiger partial charge in [-0.15, -0.1) is 0 Å². The van der Waals surface area contributed by atoms with Crippen LogP contribution in [0.2, 0.25) is 0 Å². The molecule has 0 spiro atoms. The Morgan fingerprint density at radius 1 is 1.19 bits per heavy atom. The first kappa shape index (κ1) is 23.6. The number of rotatable bonds is 9. The first-order valence-corrected chi connectivity index (χ1v) is 11.3. The van der Waals surface area contributed by atoms with Crippen molar-refractivity contribution in [2.24, 2.45) is 5.92 Å². The molecule has 1 aromatic heterocycles. The summed E-state index contributed by atoms with van der Waals surface area (Å²) in [5.41, 5.74) is 3.78. The summed E-state index contributed by atoms with van der Waals surface area (Å²) >= 11 is 0. The van der Waals surface area contributed by atoms with E-state index in [-0.39, 0.29) is 29.8 Å². The van der Waals surface area contributed by atoms with Crippen LogP contribution in [-0.4, -0.2) is 54.2 Å². The minimum atomic E-state index is -0.225. The number of hydrogen-bond donors (Lipinski definition) is 2. The summed E-state index contributed by atoms with van der Waals surface area (Å²) in [5.74, 6) is 0.163. The molecule has 170 valence electrons. The molecular formula is C25H32N4O3. The number of pyridine rings is 1. The molecule has 1 saturated heterocycles. The normalized spacial score (nSPS) is 16.2. The second-order valence-electron chi connectivity index (χ2n) is 8.31. The summed E-state index contributed by atoms with van der Waals surface area (Å²) < 4.78 is 0. The second-order valence-corrected chi connectivity index (χ2v) is 8.31. The highest BCUT2D eigenvalue weighted by Crippen LogP contribution is 2.26. The highest BCUT2D eigenvalue weighted by atomic mass is 16.2. The number of carbonyl (C=O) groups excluding carboxylic acids is 3. The molecular weight excluding hydrogens is 404 g/mol. The van der Waals surface area contributed by atoms with E-state index in [1.807, 2.05) is 25.2 Å². The van der Waals surface area contributed by atoms with Gasteiger partial charge in [-0.3, -0.25) is 19.4 Å². The molecule has 1 unspecified atom stereocenters. The van der Waals surface area contributed by atoms with Gasteiger partial charge in [-0.25, -0.2) is 0 Å². The number of piperidine rings is 1. The van der Waals surface area contributed by atoms with Crippen LogP contribution in [0.15, 0.2) is 36.5 Å². The lowest BCUT2D eigenvalue weighted by atomic mass is 9.98. The van der Waals surface area contributed by atoms with Crippen LogP contribution < -0.4 is 10.6 Å². The minimum Gasteiger partial charge on any atom is -0.345 e. The smallest absolute Gasteiger partial charge is 0.238 e. The summed E-state index contributed by atoms with van der Waals surface area (Å²) in [6.45, 7) is 5.37. The topological polar surface area (TPSA) is 91.4 Å². The molecule has 0 saturated carbocycles. The van der Waals surface area contributed by atoms with E-state index in [4.69, 9.17) is 0 Å². The zero-order valence-electron chi connectivity index (χ0n) is 19.1. The average Bonchev–Trinajstić information content (AvgIpc) is 2.81. The number of benzene rings is 1. The maximum absolute atomic E-state index is 12.6. The summed E-state index contributed by atoms with van der Waals surface area (Å²) in [4.78, 5) is 42.7. The lowest BCUT2D eigenvalue weighted by Crippen LogP contribution is -2.42. The molecule has 32 heavy (non-hydrogen) atoms. The van der Waals surface area contributed by atoms with Gasteiger partial charge in [0.05, 0.1) is 12.2 Å². The number of nitrogens with zero attached hydrogens (tertiary/aromatic N) is 2. The van der Waals surface area contributed by atoms with Gasteiger partial charge in [0.25, 0.3) is 0 Å². The van der Waals surface area contributed by atoms with Crippen LogP contribution in [0.3, 0.4) is 0 Å². The zero-order chi connectivity index (χ0) is 23.1. The molecule has 1 atom stereocenters. The van der Waals surface area contributed by atoms with Gasteiger partial charge in [-0.1, -0.05) is 38.1 Å². The van der Waals surface area contributed by atoms with E-state index in [0.29, 0.717) is 37.5 Å². The van der Waals surface area contributed by atoms with E-state index in [0.717, 1.165) is 24.0 Å². The minimum absolute atomic E-state index is 0.114. The van der Waals surface area contributed by atoms with E-state index in [1.165, 1.54) is 5.56 Å². The third-order valence-electron chi connectivity index (χ3n) is 5.86. The summed E-state index contributed by atoms with van der Waals surface area (Å²) in [5, 5.41) is 6.05. The molecule has 2 amide bonds. The van der Waals surface area contributed by atoms with Crippen molar-refractivity contribution in [3.8, 4) is 11.1 Å². The van der Waals surface area contributed by atoms with Crippen LogP contribution >= 0.6 is 0 Å². The molecule has 7 heteroatoms. The van der Waals surface area contributed by atoms with Crippen LogP contribution in [0.4, 0.5) is 5.69 Å². The predicted molar refractivity (Wildman–Crippen MR) is 126 cm³/mol. The molecule has 0 aliphatic carbocycles. The van der Waals surface area contributed by atoms with Crippen LogP contribution in [0, 0.1) is 5.92 Å². The molecule has 1 aliphatic heterocycles. The zero-order valence-corrected chi connectivity index (χ0v) is 19.1. The number of carbonyl (C=O) groups is 3. The fraction of sp³-hybridized carbons (Fsp3) is 0.440. The molecule has 3 rings (SSSR count). The predicted octanol–water partition coefficient (Wildman–Crippen LogP) is 3.30. The molecule has 1 aromatic carbocycles. The van der Waals surface area contributed by atoms with E-state index in [2.05, 4.69) is 34.7 Å². The standard InChI is InChI=1S/C25H32N4O3/c1-4-17-7-6-8-19(11-17)20-12-21(25(27-14-20)22(30)5-2)28-23(31)15-26-13-18-9-10-24(32)29(3)16-18/h6-8,11-12,14,18,26H,4-5,9-10,13,15-16H2,1-3H3,(H,28,31). The number of aromatic nitrogens is 1. The number of ketones is 1. The van der Waals surface area contributed by atoms with Crippen molar-refractivity contribution in [1.29, 1.82) is 0 Å². The van der Waals surface area contributed by atoms with Gasteiger partial charge in [0, 0.05) is 44.7 Å². The Morgan fingerprint density at radius 3 is 2.72 bits per heavy atom. The monoisotopic (exact) mass is 436 g/mol. The van der Waals surface area contributed by atoms with Crippen molar-refractivity contribution in [1.82, 2.24) is 15.2 Å². The van der Waals surface area contributed by atoms with Crippen LogP contribution in [0.25, 0.3) is 11.1 Å². The van der Waals surface area contributed by atoms with Gasteiger partial charge >= 0.3 is 0 Å². The van der Waals surface area contributed by atoms with Gasteiger partial charge in [-0.05, 0) is 36.0 Å². The lowest BCUT2D eigenvalue weighted by molar-refractivity contribution is -0.133. The average molecular weight is 437 g/mol. The number of hydrogen-bond acceptors (Lipinski definition) is 5. The fourth-order valence-electron chi connectivity index (χ4n) is 3.93. The molecule has 1 aliphatic rings. The molecule has 7 nitrogen and oxygen atoms in total. The Bertz CT molecular complexity index is 989. The van der Waals surface area contributed by atoms with Crippen LogP contribution in [-0.2, 0) is 16.0 Å². The van der Waals surface area contributed by atoms with Crippen molar-refractivity contribution < 1.29 is 14.4 Å². The van der Waals surface area contributed by atoms with E-state index in [1.54, 1.807) is 18.0 Å². The number of anilines is 1. The van der Waals surface area contributed by atoms with Gasteiger partial charge < -0.3 is 15.5 Å². The SMILES string of the molecule is CCC(=O)c1ncc(-c2cccc(CC)c2)cc1NC(=O)CNCC1CCC(=O)N(C)C1. The first-order chi connectivity index (χ1) is 15.4. The summed E-state index contributed by atoms with van der Waals surface area (Å²) in [6, 6.07) is 9.98. The number of Topliss-reactive ketones (excluding diaryl/α,β-unsaturated/α-hetero) is 1. The number of amides is 2. The van der Waals surface area contributed by atoms with E-state index in [9.17, 15) is 14.4 Å². The van der Waals surface area contributed by atoms with Crippen molar-refractivity contribution >= 4 is 23.3 Å². The molecule has 2 heterocycles. The van der Waals surface area contributed by atoms with Crippen molar-refractivity contribution in [2.45, 2.75) is 39.5 Å². The Hall–Kier alpha value is -3.06. The first-order valence-electron chi connectivity index (χ1n) is 11.3. The van der Waals surface area contributed by atoms with Crippen molar-refractivity contribution in [3.63, 3.8) is 0 Å². The number of nitrogens with one attached hydrogen (secondary N) is 2. The molecule has 2 N–H and O–H groups in total. The fourth-order valence-corrected chi connectivity index (χ4v) is 3.93. The van der Waals surface area contributed by atoms with Crippen LogP contribution in [0.1, 0.15) is 49.2 Å². The summed E-state index contributed by atoms with van der Waals surface area (Å²) in [6.07, 6.45) is 4.30. The Morgan fingerprint density at radius 2 is 2.00 bits per heavy atom. The highest BCUT2D eigenvalue weighted by Gasteiger charge is 2.22. The van der Waals surface area contributed by atoms with Gasteiger partial charge in [0.2, 0.25) is 11.8 Å². The maximum atomic E-state index is 12.6. The van der Waals surface area contributed by atoms with Gasteiger partial charge in [0.1, 0.15) is 5.69 Å². The third-order valence-corrected chi connectivity index (χ3v) is 5.86. The quantitative estimate of drug-likeness (QED) is 0.589. The number of likely N-dealkylation sites (tertiary alicyclic amines) is 1. The lowest BCUT2D eigenvalue weighted by Gasteiger charge is -2.29. The van der Waals surface area contributed by atoms with Gasteiger partial charge in [-0.2, -0.15) is 0 Å². The van der Waals surface area contributed by atoms with E-state index < -0.39 is 0 Å². The van der Waals surface area contributed by atoms with Crippen molar-refractivity contribution in [2.75, 3.05) is 32.0 Å². The Labute approximate surface area is 189 Å². The van der Waals surface area contributed by atoms with E-state index >= 15 is 0 Å². The molecule has 2 aromatic rings. The Balaban J connectivity index is 1.68. The van der Waals surface area contributed by atoms with Crippen molar-refractivity contribution in [3.05, 3.63) is 47.8 Å². The number of aryl methyl sites for hydroxylation is 1. The largest absolute Gasteiger partial charge is 0.345 e. The maximum Gasteiger partial charge on any atom is 0.238 e. The second kappa shape index (κ2) is 11.0. The highest BCUT2D eigenvalue weighted by molar-refractivity contribution is 6.04. The molecule has 0 radical (unpaired) electrons. The van der Waals surface area contributed by atoms with Crippen LogP contribution in [0.5, 0.6) is 0 Å². The summed E-state index contributed by atoms with van der Waals surface area (Å²) in [7, 11) is 1.81. The molecule has 1 fully saturated rings. The Kier molecular flexibility index (Phi) is 8.11. The molecule has 0 bridgehead atoms. The van der Waals surface area contributed by atoms with Gasteiger partial charge in [0.15, 0.2) is 5.78 Å².